The average Bonchev–Trinajstić information content (AvgIpc) is 2.93. The molecule has 0 aromatic carbocycles. The van der Waals surface area contributed by atoms with Gasteiger partial charge in [-0.1, -0.05) is 25.5 Å². The van der Waals surface area contributed by atoms with Crippen LogP contribution in [0.5, 0.6) is 0 Å². The highest BCUT2D eigenvalue weighted by Crippen LogP contribution is 2.66. The fourth-order valence-electron chi connectivity index (χ4n) is 7.02. The van der Waals surface area contributed by atoms with E-state index in [1.807, 2.05) is 18.5 Å². The van der Waals surface area contributed by atoms with Crippen LogP contribution in [0.4, 0.5) is 0 Å². The van der Waals surface area contributed by atoms with Gasteiger partial charge in [-0.15, -0.1) is 0 Å². The second-order valence-electron chi connectivity index (χ2n) is 9.48. The maximum absolute atomic E-state index is 12.1. The van der Waals surface area contributed by atoms with Crippen LogP contribution in [0, 0.1) is 28.6 Å². The van der Waals surface area contributed by atoms with E-state index in [-0.39, 0.29) is 16.7 Å². The van der Waals surface area contributed by atoms with Gasteiger partial charge in [-0.3, -0.25) is 4.79 Å². The third-order valence-corrected chi connectivity index (χ3v) is 8.44. The standard InChI is InChI=1S/C23H29N3O/c1-22-9-10-26-21(27)11-16(22)3-4-17-19-6-5-18(15-12-24-14-25-13-15)23(19,2)8-7-20(17)22/h5,11-14,17,19-20H,3-4,6-10H2,1-2H3,(H,26,27). The van der Waals surface area contributed by atoms with Crippen molar-refractivity contribution < 1.29 is 4.79 Å². The topological polar surface area (TPSA) is 54.9 Å². The van der Waals surface area contributed by atoms with Crippen LogP contribution >= 0.6 is 0 Å². The molecule has 2 heterocycles. The summed E-state index contributed by atoms with van der Waals surface area (Å²) in [6.45, 7) is 5.73. The van der Waals surface area contributed by atoms with E-state index in [2.05, 4.69) is 35.2 Å². The smallest absolute Gasteiger partial charge is 0.243 e. The first-order valence-corrected chi connectivity index (χ1v) is 10.5. The number of rotatable bonds is 1. The van der Waals surface area contributed by atoms with Crippen LogP contribution in [0.25, 0.3) is 5.57 Å². The van der Waals surface area contributed by atoms with Gasteiger partial charge in [-0.05, 0) is 72.7 Å². The molecule has 5 atom stereocenters. The molecule has 0 saturated heterocycles. The van der Waals surface area contributed by atoms with Crippen LogP contribution in [0.3, 0.4) is 0 Å². The van der Waals surface area contributed by atoms with Gasteiger partial charge in [-0.25, -0.2) is 9.97 Å². The molecule has 1 aliphatic heterocycles. The summed E-state index contributed by atoms with van der Waals surface area (Å²) < 4.78 is 0. The third kappa shape index (κ3) is 2.45. The molecular formula is C23H29N3O. The monoisotopic (exact) mass is 363 g/mol. The SMILES string of the molecule is CC12CCNC(=O)C=C1CCC1C2CCC2(C)C(c3cncnc3)=CCC12. The lowest BCUT2D eigenvalue weighted by molar-refractivity contribution is -0.116. The molecule has 1 aromatic rings. The number of carbonyl (C=O) groups is 1. The molecule has 1 amide bonds. The van der Waals surface area contributed by atoms with E-state index in [1.54, 1.807) is 6.33 Å². The molecule has 4 aliphatic rings. The summed E-state index contributed by atoms with van der Waals surface area (Å²) in [7, 11) is 0. The van der Waals surface area contributed by atoms with Crippen LogP contribution in [0.2, 0.25) is 0 Å². The van der Waals surface area contributed by atoms with E-state index in [1.165, 1.54) is 42.4 Å². The molecule has 1 N–H and O–H groups in total. The molecule has 27 heavy (non-hydrogen) atoms. The molecule has 5 unspecified atom stereocenters. The fourth-order valence-corrected chi connectivity index (χ4v) is 7.02. The zero-order valence-electron chi connectivity index (χ0n) is 16.4. The second kappa shape index (κ2) is 6.02. The van der Waals surface area contributed by atoms with Crippen molar-refractivity contribution in [2.75, 3.05) is 6.54 Å². The number of allylic oxidation sites excluding steroid dienone is 3. The van der Waals surface area contributed by atoms with Crippen LogP contribution < -0.4 is 5.32 Å². The van der Waals surface area contributed by atoms with Crippen molar-refractivity contribution in [3.8, 4) is 0 Å². The summed E-state index contributed by atoms with van der Waals surface area (Å²) in [4.78, 5) is 20.6. The van der Waals surface area contributed by atoms with Crippen molar-refractivity contribution in [2.45, 2.75) is 52.4 Å². The minimum absolute atomic E-state index is 0.113. The highest BCUT2D eigenvalue weighted by atomic mass is 16.1. The Balaban J connectivity index is 1.48. The zero-order valence-corrected chi connectivity index (χ0v) is 16.4. The van der Waals surface area contributed by atoms with Crippen molar-refractivity contribution in [1.82, 2.24) is 15.3 Å². The number of hydrogen-bond donors (Lipinski definition) is 1. The van der Waals surface area contributed by atoms with E-state index in [0.29, 0.717) is 11.8 Å². The fraction of sp³-hybridized carbons (Fsp3) is 0.609. The summed E-state index contributed by atoms with van der Waals surface area (Å²) in [5.41, 5.74) is 4.50. The molecule has 4 nitrogen and oxygen atoms in total. The maximum Gasteiger partial charge on any atom is 0.243 e. The predicted octanol–water partition coefficient (Wildman–Crippen LogP) is 4.16. The maximum atomic E-state index is 12.1. The molecule has 3 aliphatic carbocycles. The van der Waals surface area contributed by atoms with Gasteiger partial charge in [0.05, 0.1) is 0 Å². The normalized spacial score (nSPS) is 40.7. The summed E-state index contributed by atoms with van der Waals surface area (Å²) in [6.07, 6.45) is 17.0. The Morgan fingerprint density at radius 2 is 1.89 bits per heavy atom. The molecule has 2 fully saturated rings. The molecule has 0 bridgehead atoms. The largest absolute Gasteiger partial charge is 0.353 e. The summed E-state index contributed by atoms with van der Waals surface area (Å²) >= 11 is 0. The van der Waals surface area contributed by atoms with Crippen molar-refractivity contribution in [3.63, 3.8) is 0 Å². The van der Waals surface area contributed by atoms with Crippen LogP contribution in [0.15, 0.2) is 36.4 Å². The first-order chi connectivity index (χ1) is 13.0. The number of nitrogens with zero attached hydrogens (tertiary/aromatic N) is 2. The molecule has 0 radical (unpaired) electrons. The van der Waals surface area contributed by atoms with Crippen molar-refractivity contribution >= 4 is 11.5 Å². The highest BCUT2D eigenvalue weighted by Gasteiger charge is 2.56. The van der Waals surface area contributed by atoms with Crippen LogP contribution in [-0.4, -0.2) is 22.4 Å². The van der Waals surface area contributed by atoms with Gasteiger partial charge >= 0.3 is 0 Å². The average molecular weight is 364 g/mol. The van der Waals surface area contributed by atoms with Crippen molar-refractivity contribution in [1.29, 1.82) is 0 Å². The Bertz CT molecular complexity index is 829. The molecule has 5 rings (SSSR count). The third-order valence-electron chi connectivity index (χ3n) is 8.44. The lowest BCUT2D eigenvalue weighted by atomic mass is 9.47. The molecule has 4 heteroatoms. The molecule has 2 saturated carbocycles. The van der Waals surface area contributed by atoms with Gasteiger partial charge < -0.3 is 5.32 Å². The van der Waals surface area contributed by atoms with E-state index in [4.69, 9.17) is 0 Å². The number of carbonyl (C=O) groups excluding carboxylic acids is 1. The summed E-state index contributed by atoms with van der Waals surface area (Å²) in [5.74, 6) is 2.26. The Morgan fingerprint density at radius 3 is 2.70 bits per heavy atom. The lowest BCUT2D eigenvalue weighted by Gasteiger charge is -2.57. The number of fused-ring (bicyclic) bond motifs is 5. The van der Waals surface area contributed by atoms with Gasteiger partial charge in [0.15, 0.2) is 0 Å². The van der Waals surface area contributed by atoms with E-state index in [9.17, 15) is 4.79 Å². The summed E-state index contributed by atoms with van der Waals surface area (Å²) in [6, 6.07) is 0. The van der Waals surface area contributed by atoms with Gasteiger partial charge in [0.2, 0.25) is 5.91 Å². The Hall–Kier alpha value is -1.97. The Labute approximate surface area is 161 Å². The van der Waals surface area contributed by atoms with Crippen molar-refractivity contribution in [2.24, 2.45) is 28.6 Å². The first kappa shape index (κ1) is 17.2. The molecule has 1 aromatic heterocycles. The first-order valence-electron chi connectivity index (χ1n) is 10.5. The van der Waals surface area contributed by atoms with Crippen LogP contribution in [-0.2, 0) is 4.79 Å². The molecule has 0 spiro atoms. The van der Waals surface area contributed by atoms with Gasteiger partial charge in [-0.2, -0.15) is 0 Å². The van der Waals surface area contributed by atoms with E-state index >= 15 is 0 Å². The quantitative estimate of drug-likeness (QED) is 0.815. The predicted molar refractivity (Wildman–Crippen MR) is 105 cm³/mol. The van der Waals surface area contributed by atoms with Crippen LogP contribution in [0.1, 0.15) is 57.9 Å². The zero-order chi connectivity index (χ0) is 18.6. The molecule has 142 valence electrons. The Kier molecular flexibility index (Phi) is 3.82. The van der Waals surface area contributed by atoms with E-state index < -0.39 is 0 Å². The minimum atomic E-state index is 0.113. The minimum Gasteiger partial charge on any atom is -0.353 e. The number of nitrogens with one attached hydrogen (secondary N) is 1. The van der Waals surface area contributed by atoms with Gasteiger partial charge in [0, 0.05) is 30.6 Å². The number of aromatic nitrogens is 2. The van der Waals surface area contributed by atoms with Gasteiger partial charge in [0.25, 0.3) is 0 Å². The second-order valence-corrected chi connectivity index (χ2v) is 9.48. The summed E-state index contributed by atoms with van der Waals surface area (Å²) in [5, 5.41) is 3.06. The van der Waals surface area contributed by atoms with E-state index in [0.717, 1.165) is 25.3 Å². The van der Waals surface area contributed by atoms with Crippen molar-refractivity contribution in [3.05, 3.63) is 42.0 Å². The Morgan fingerprint density at radius 1 is 1.07 bits per heavy atom. The highest BCUT2D eigenvalue weighted by molar-refractivity contribution is 5.88. The van der Waals surface area contributed by atoms with Gasteiger partial charge in [0.1, 0.15) is 6.33 Å². The number of amides is 1. The lowest BCUT2D eigenvalue weighted by Crippen LogP contribution is -2.49. The number of hydrogen-bond acceptors (Lipinski definition) is 3. The molecular weight excluding hydrogens is 334 g/mol.